The zero-order chi connectivity index (χ0) is 25.3. The van der Waals surface area contributed by atoms with Gasteiger partial charge in [0, 0.05) is 6.42 Å². The summed E-state index contributed by atoms with van der Waals surface area (Å²) >= 11 is 0. The summed E-state index contributed by atoms with van der Waals surface area (Å²) in [7, 11) is 1.31. The maximum absolute atomic E-state index is 13.2. The lowest BCUT2D eigenvalue weighted by Crippen LogP contribution is -2.52. The number of hydrogen-bond donors (Lipinski definition) is 2. The Kier molecular flexibility index (Phi) is 13.0. The number of unbranched alkanes of at least 4 members (excludes halogenated alkanes) is 5. The number of nitrogens with one attached hydrogen (secondary N) is 2. The summed E-state index contributed by atoms with van der Waals surface area (Å²) in [5, 5.41) is 5.45. The van der Waals surface area contributed by atoms with Gasteiger partial charge in [0.15, 0.2) is 0 Å². The van der Waals surface area contributed by atoms with E-state index in [1.807, 2.05) is 60.7 Å². The molecule has 2 amide bonds. The third kappa shape index (κ3) is 11.1. The fourth-order valence-corrected chi connectivity index (χ4v) is 3.76. The number of alkyl carbamates (subject to hydrolysis) is 1. The van der Waals surface area contributed by atoms with Gasteiger partial charge in [0.25, 0.3) is 0 Å². The van der Waals surface area contributed by atoms with Crippen LogP contribution in [-0.4, -0.2) is 37.2 Å². The summed E-state index contributed by atoms with van der Waals surface area (Å²) in [5.74, 6) is -0.941. The predicted molar refractivity (Wildman–Crippen MR) is 136 cm³/mol. The van der Waals surface area contributed by atoms with E-state index in [2.05, 4.69) is 17.6 Å². The van der Waals surface area contributed by atoms with Crippen molar-refractivity contribution in [2.75, 3.05) is 7.11 Å². The Bertz CT molecular complexity index is 889. The highest BCUT2D eigenvalue weighted by atomic mass is 16.5. The number of rotatable bonds is 15. The first kappa shape index (κ1) is 27.9. The van der Waals surface area contributed by atoms with Crippen molar-refractivity contribution >= 4 is 18.0 Å². The molecule has 0 aromatic heterocycles. The first-order chi connectivity index (χ1) is 17.0. The molecule has 7 nitrogen and oxygen atoms in total. The maximum atomic E-state index is 13.2. The van der Waals surface area contributed by atoms with E-state index in [1.54, 1.807) is 0 Å². The second kappa shape index (κ2) is 16.3. The third-order valence-corrected chi connectivity index (χ3v) is 5.75. The van der Waals surface area contributed by atoms with Crippen LogP contribution >= 0.6 is 0 Å². The third-order valence-electron chi connectivity index (χ3n) is 5.75. The summed E-state index contributed by atoms with van der Waals surface area (Å²) in [4.78, 5) is 38.0. The molecular weight excluding hydrogens is 444 g/mol. The zero-order valence-electron chi connectivity index (χ0n) is 20.8. The second-order valence-electron chi connectivity index (χ2n) is 8.59. The van der Waals surface area contributed by atoms with Gasteiger partial charge in [0.2, 0.25) is 5.91 Å². The normalized spacial score (nSPS) is 12.3. The Balaban J connectivity index is 2.00. The average Bonchev–Trinajstić information content (AvgIpc) is 2.89. The lowest BCUT2D eigenvalue weighted by Gasteiger charge is -2.22. The van der Waals surface area contributed by atoms with E-state index >= 15 is 0 Å². The Labute approximate surface area is 208 Å². The molecule has 2 N–H and O–H groups in total. The molecule has 0 unspecified atom stereocenters. The fraction of sp³-hybridized carbons (Fsp3) is 0.464. The van der Waals surface area contributed by atoms with E-state index in [-0.39, 0.29) is 13.0 Å². The van der Waals surface area contributed by atoms with Gasteiger partial charge in [-0.2, -0.15) is 0 Å². The maximum Gasteiger partial charge on any atom is 0.408 e. The number of hydrogen-bond acceptors (Lipinski definition) is 5. The Morgan fingerprint density at radius 2 is 1.37 bits per heavy atom. The van der Waals surface area contributed by atoms with Gasteiger partial charge in [-0.25, -0.2) is 9.59 Å². The van der Waals surface area contributed by atoms with Crippen LogP contribution in [0.15, 0.2) is 60.7 Å². The first-order valence-electron chi connectivity index (χ1n) is 12.4. The smallest absolute Gasteiger partial charge is 0.408 e. The van der Waals surface area contributed by atoms with Gasteiger partial charge in [-0.3, -0.25) is 4.79 Å². The molecule has 0 heterocycles. The zero-order valence-corrected chi connectivity index (χ0v) is 20.8. The second-order valence-corrected chi connectivity index (χ2v) is 8.59. The van der Waals surface area contributed by atoms with E-state index in [9.17, 15) is 14.4 Å². The summed E-state index contributed by atoms with van der Waals surface area (Å²) in [5.41, 5.74) is 1.72. The van der Waals surface area contributed by atoms with Crippen molar-refractivity contribution in [3.63, 3.8) is 0 Å². The van der Waals surface area contributed by atoms with Crippen LogP contribution in [-0.2, 0) is 32.1 Å². The van der Waals surface area contributed by atoms with Crippen molar-refractivity contribution in [1.82, 2.24) is 10.6 Å². The van der Waals surface area contributed by atoms with Crippen molar-refractivity contribution < 1.29 is 23.9 Å². The molecule has 2 atom stereocenters. The number of ether oxygens (including phenoxy) is 2. The number of carbonyl (C=O) groups excluding carboxylic acids is 3. The highest BCUT2D eigenvalue weighted by Gasteiger charge is 2.27. The van der Waals surface area contributed by atoms with E-state index in [1.165, 1.54) is 26.4 Å². The molecule has 0 spiro atoms. The number of methoxy groups -OCH3 is 1. The topological polar surface area (TPSA) is 93.7 Å². The van der Waals surface area contributed by atoms with Gasteiger partial charge in [0.1, 0.15) is 18.7 Å². The standard InChI is InChI=1S/C28H38N2O5/c1-3-4-5-6-7-14-19-24(27(32)34-2)29-26(31)25(20-22-15-10-8-11-16-22)30-28(33)35-21-23-17-12-9-13-18-23/h8-13,15-18,24-25H,3-7,14,19-21H2,1-2H3,(H,29,31)(H,30,33)/t24-,25-/m1/s1. The van der Waals surface area contributed by atoms with Crippen LogP contribution in [0.3, 0.4) is 0 Å². The summed E-state index contributed by atoms with van der Waals surface area (Å²) in [6, 6.07) is 17.0. The monoisotopic (exact) mass is 482 g/mol. The molecule has 2 aromatic carbocycles. The van der Waals surface area contributed by atoms with Gasteiger partial charge >= 0.3 is 12.1 Å². The molecule has 0 saturated carbocycles. The summed E-state index contributed by atoms with van der Waals surface area (Å²) < 4.78 is 10.2. The quantitative estimate of drug-likeness (QED) is 0.277. The molecule has 0 aliphatic carbocycles. The molecule has 0 aliphatic rings. The van der Waals surface area contributed by atoms with Crippen LogP contribution in [0.5, 0.6) is 0 Å². The van der Waals surface area contributed by atoms with Crippen LogP contribution in [0.25, 0.3) is 0 Å². The van der Waals surface area contributed by atoms with Crippen molar-refractivity contribution in [1.29, 1.82) is 0 Å². The van der Waals surface area contributed by atoms with Gasteiger partial charge in [0.05, 0.1) is 7.11 Å². The number of benzene rings is 2. The summed E-state index contributed by atoms with van der Waals surface area (Å²) in [6.07, 6.45) is 6.48. The molecule has 0 radical (unpaired) electrons. The van der Waals surface area contributed by atoms with Gasteiger partial charge in [-0.05, 0) is 17.5 Å². The van der Waals surface area contributed by atoms with E-state index in [0.29, 0.717) is 6.42 Å². The van der Waals surface area contributed by atoms with Gasteiger partial charge in [-0.1, -0.05) is 106 Å². The predicted octanol–water partition coefficient (Wildman–Crippen LogP) is 4.93. The number of amides is 2. The Hall–Kier alpha value is -3.35. The molecule has 2 aromatic rings. The molecule has 0 aliphatic heterocycles. The molecule has 0 saturated heterocycles. The Morgan fingerprint density at radius 1 is 0.771 bits per heavy atom. The minimum absolute atomic E-state index is 0.0924. The number of carbonyl (C=O) groups is 3. The van der Waals surface area contributed by atoms with E-state index < -0.39 is 30.1 Å². The first-order valence-corrected chi connectivity index (χ1v) is 12.4. The van der Waals surface area contributed by atoms with Gasteiger partial charge in [-0.15, -0.1) is 0 Å². The molecule has 7 heteroatoms. The van der Waals surface area contributed by atoms with Crippen LogP contribution in [0, 0.1) is 0 Å². The molecule has 35 heavy (non-hydrogen) atoms. The summed E-state index contributed by atoms with van der Waals surface area (Å²) in [6.45, 7) is 2.26. The van der Waals surface area contributed by atoms with Crippen LogP contribution in [0.1, 0.15) is 63.0 Å². The van der Waals surface area contributed by atoms with Crippen molar-refractivity contribution in [2.24, 2.45) is 0 Å². The average molecular weight is 483 g/mol. The molecule has 0 bridgehead atoms. The largest absolute Gasteiger partial charge is 0.467 e. The fourth-order valence-electron chi connectivity index (χ4n) is 3.76. The lowest BCUT2D eigenvalue weighted by molar-refractivity contribution is -0.145. The number of esters is 1. The molecular formula is C28H38N2O5. The van der Waals surface area contributed by atoms with Crippen LogP contribution in [0.2, 0.25) is 0 Å². The SMILES string of the molecule is CCCCCCCC[C@@H](NC(=O)[C@@H](Cc1ccccc1)NC(=O)OCc1ccccc1)C(=O)OC. The highest BCUT2D eigenvalue weighted by molar-refractivity contribution is 5.89. The van der Waals surface area contributed by atoms with E-state index in [4.69, 9.17) is 9.47 Å². The van der Waals surface area contributed by atoms with Crippen molar-refractivity contribution in [3.8, 4) is 0 Å². The van der Waals surface area contributed by atoms with Crippen molar-refractivity contribution in [3.05, 3.63) is 71.8 Å². The Morgan fingerprint density at radius 3 is 2.00 bits per heavy atom. The van der Waals surface area contributed by atoms with E-state index in [0.717, 1.165) is 30.4 Å². The van der Waals surface area contributed by atoms with Crippen LogP contribution < -0.4 is 10.6 Å². The van der Waals surface area contributed by atoms with Crippen molar-refractivity contribution in [2.45, 2.75) is 77.0 Å². The molecule has 190 valence electrons. The minimum Gasteiger partial charge on any atom is -0.467 e. The van der Waals surface area contributed by atoms with Gasteiger partial charge < -0.3 is 20.1 Å². The van der Waals surface area contributed by atoms with Crippen LogP contribution in [0.4, 0.5) is 4.79 Å². The molecule has 2 rings (SSSR count). The lowest BCUT2D eigenvalue weighted by atomic mass is 10.0. The highest BCUT2D eigenvalue weighted by Crippen LogP contribution is 2.11. The molecule has 0 fully saturated rings. The minimum atomic E-state index is -0.905.